The van der Waals surface area contributed by atoms with Crippen molar-refractivity contribution < 1.29 is 0 Å². The largest absolute Gasteiger partial charge is 0.340 e. The minimum absolute atomic E-state index is 0.428. The molecule has 0 heterocycles. The maximum Gasteiger partial charge on any atom is 0.129 e. The Morgan fingerprint density at radius 1 is 1.05 bits per heavy atom. The number of amidine groups is 1. The van der Waals surface area contributed by atoms with Gasteiger partial charge in [0.1, 0.15) is 5.84 Å². The molecule has 0 aliphatic rings. The van der Waals surface area contributed by atoms with Crippen LogP contribution in [0.3, 0.4) is 0 Å². The van der Waals surface area contributed by atoms with Crippen LogP contribution >= 0.6 is 11.8 Å². The van der Waals surface area contributed by atoms with Gasteiger partial charge in [0.05, 0.1) is 0 Å². The summed E-state index contributed by atoms with van der Waals surface area (Å²) in [6.07, 6.45) is 3.09. The quantitative estimate of drug-likeness (QED) is 0.490. The van der Waals surface area contributed by atoms with Crippen molar-refractivity contribution in [2.24, 2.45) is 0 Å². The van der Waals surface area contributed by atoms with Crippen LogP contribution in [-0.4, -0.2) is 12.1 Å². The van der Waals surface area contributed by atoms with Crippen molar-refractivity contribution in [3.05, 3.63) is 59.7 Å². The van der Waals surface area contributed by atoms with Gasteiger partial charge in [-0.05, 0) is 42.5 Å². The zero-order valence-electron chi connectivity index (χ0n) is 11.2. The molecule has 0 bridgehead atoms. The summed E-state index contributed by atoms with van der Waals surface area (Å²) in [7, 11) is 0. The van der Waals surface area contributed by atoms with E-state index in [1.54, 1.807) is 11.8 Å². The number of aryl methyl sites for hydroxylation is 1. The number of rotatable bonds is 4. The molecule has 0 aliphatic heterocycles. The summed E-state index contributed by atoms with van der Waals surface area (Å²) in [6, 6.07) is 16.2. The number of nitrogens with one attached hydrogen (secondary N) is 2. The number of hydrogen-bond donors (Lipinski definition) is 2. The second-order valence-electron chi connectivity index (χ2n) is 4.28. The third-order valence-electron chi connectivity index (χ3n) is 3.01. The Labute approximate surface area is 118 Å². The molecule has 0 atom stereocenters. The van der Waals surface area contributed by atoms with Gasteiger partial charge < -0.3 is 5.32 Å². The van der Waals surface area contributed by atoms with Gasteiger partial charge in [-0.15, -0.1) is 11.8 Å². The van der Waals surface area contributed by atoms with E-state index in [0.717, 1.165) is 17.7 Å². The predicted molar refractivity (Wildman–Crippen MR) is 84.5 cm³/mol. The smallest absolute Gasteiger partial charge is 0.129 e. The first-order valence-corrected chi connectivity index (χ1v) is 7.54. The van der Waals surface area contributed by atoms with Crippen molar-refractivity contribution in [2.75, 3.05) is 11.6 Å². The van der Waals surface area contributed by atoms with Gasteiger partial charge in [0.15, 0.2) is 0 Å². The van der Waals surface area contributed by atoms with Crippen LogP contribution in [0.2, 0.25) is 0 Å². The lowest BCUT2D eigenvalue weighted by molar-refractivity contribution is 1.14. The Balaban J connectivity index is 2.06. The molecule has 3 heteroatoms. The van der Waals surface area contributed by atoms with Crippen molar-refractivity contribution in [3.8, 4) is 0 Å². The molecule has 0 spiro atoms. The monoisotopic (exact) mass is 270 g/mol. The summed E-state index contributed by atoms with van der Waals surface area (Å²) in [4.78, 5) is 1.21. The Hall–Kier alpha value is -1.74. The SMILES string of the molecule is CCc1ccc(NC(=N)c2ccc(SC)cc2)cc1. The predicted octanol–water partition coefficient (Wildman–Crippen LogP) is 4.41. The normalized spacial score (nSPS) is 10.2. The van der Waals surface area contributed by atoms with Crippen LogP contribution in [0.15, 0.2) is 53.4 Å². The number of hydrogen-bond acceptors (Lipinski definition) is 2. The van der Waals surface area contributed by atoms with Crippen molar-refractivity contribution in [1.29, 1.82) is 5.41 Å². The summed E-state index contributed by atoms with van der Waals surface area (Å²) >= 11 is 1.71. The number of benzene rings is 2. The highest BCUT2D eigenvalue weighted by molar-refractivity contribution is 7.98. The van der Waals surface area contributed by atoms with E-state index in [-0.39, 0.29) is 0 Å². The molecule has 2 rings (SSSR count). The Bertz CT molecular complexity index is 544. The summed E-state index contributed by atoms with van der Waals surface area (Å²) in [5, 5.41) is 11.2. The van der Waals surface area contributed by atoms with Crippen LogP contribution in [0, 0.1) is 5.41 Å². The van der Waals surface area contributed by atoms with Crippen LogP contribution in [0.1, 0.15) is 18.1 Å². The van der Waals surface area contributed by atoms with E-state index < -0.39 is 0 Å². The zero-order chi connectivity index (χ0) is 13.7. The van der Waals surface area contributed by atoms with E-state index in [4.69, 9.17) is 5.41 Å². The molecule has 0 saturated carbocycles. The number of thioether (sulfide) groups is 1. The van der Waals surface area contributed by atoms with E-state index in [0.29, 0.717) is 5.84 Å². The van der Waals surface area contributed by atoms with E-state index in [1.807, 2.05) is 42.7 Å². The minimum atomic E-state index is 0.428. The first kappa shape index (κ1) is 13.7. The highest BCUT2D eigenvalue weighted by atomic mass is 32.2. The zero-order valence-corrected chi connectivity index (χ0v) is 12.1. The fraction of sp³-hybridized carbons (Fsp3) is 0.188. The molecular formula is C16H18N2S. The van der Waals surface area contributed by atoms with Crippen molar-refractivity contribution in [1.82, 2.24) is 0 Å². The molecule has 0 aromatic heterocycles. The topological polar surface area (TPSA) is 35.9 Å². The minimum Gasteiger partial charge on any atom is -0.340 e. The van der Waals surface area contributed by atoms with E-state index in [1.165, 1.54) is 10.5 Å². The molecule has 2 N–H and O–H groups in total. The van der Waals surface area contributed by atoms with Gasteiger partial charge in [-0.1, -0.05) is 31.2 Å². The van der Waals surface area contributed by atoms with Crippen LogP contribution in [0.5, 0.6) is 0 Å². The summed E-state index contributed by atoms with van der Waals surface area (Å²) in [5.74, 6) is 0.428. The molecule has 0 unspecified atom stereocenters. The fourth-order valence-electron chi connectivity index (χ4n) is 1.80. The molecule has 98 valence electrons. The molecule has 0 amide bonds. The standard InChI is InChI=1S/C16H18N2S/c1-3-12-4-8-14(9-5-12)18-16(17)13-6-10-15(19-2)11-7-13/h4-11H,3H2,1-2H3,(H2,17,18). The van der Waals surface area contributed by atoms with Crippen LogP contribution in [0.4, 0.5) is 5.69 Å². The van der Waals surface area contributed by atoms with Gasteiger partial charge in [-0.2, -0.15) is 0 Å². The van der Waals surface area contributed by atoms with Gasteiger partial charge in [-0.3, -0.25) is 5.41 Å². The molecule has 0 aliphatic carbocycles. The molecule has 0 saturated heterocycles. The van der Waals surface area contributed by atoms with E-state index in [2.05, 4.69) is 24.4 Å². The third-order valence-corrected chi connectivity index (χ3v) is 3.75. The lowest BCUT2D eigenvalue weighted by Gasteiger charge is -2.09. The molecule has 2 nitrogen and oxygen atoms in total. The van der Waals surface area contributed by atoms with Gasteiger partial charge in [-0.25, -0.2) is 0 Å². The van der Waals surface area contributed by atoms with Crippen molar-refractivity contribution in [2.45, 2.75) is 18.2 Å². The van der Waals surface area contributed by atoms with Crippen LogP contribution in [0.25, 0.3) is 0 Å². The summed E-state index contributed by atoms with van der Waals surface area (Å²) in [5.41, 5.74) is 3.16. The summed E-state index contributed by atoms with van der Waals surface area (Å²) < 4.78 is 0. The Kier molecular flexibility index (Phi) is 4.63. The molecular weight excluding hydrogens is 252 g/mol. The Morgan fingerprint density at radius 2 is 1.68 bits per heavy atom. The van der Waals surface area contributed by atoms with Crippen LogP contribution in [-0.2, 0) is 6.42 Å². The lowest BCUT2D eigenvalue weighted by Crippen LogP contribution is -2.11. The van der Waals surface area contributed by atoms with E-state index >= 15 is 0 Å². The molecule has 0 radical (unpaired) electrons. The second-order valence-corrected chi connectivity index (χ2v) is 5.16. The van der Waals surface area contributed by atoms with Gasteiger partial charge in [0, 0.05) is 16.1 Å². The second kappa shape index (κ2) is 6.43. The number of anilines is 1. The average Bonchev–Trinajstić information content (AvgIpc) is 2.48. The summed E-state index contributed by atoms with van der Waals surface area (Å²) in [6.45, 7) is 2.14. The maximum absolute atomic E-state index is 8.08. The third kappa shape index (κ3) is 3.61. The van der Waals surface area contributed by atoms with Crippen molar-refractivity contribution in [3.63, 3.8) is 0 Å². The average molecular weight is 270 g/mol. The van der Waals surface area contributed by atoms with Gasteiger partial charge >= 0.3 is 0 Å². The highest BCUT2D eigenvalue weighted by Gasteiger charge is 2.02. The van der Waals surface area contributed by atoms with Gasteiger partial charge in [0.25, 0.3) is 0 Å². The molecule has 0 fully saturated rings. The molecule has 2 aromatic rings. The maximum atomic E-state index is 8.08. The highest BCUT2D eigenvalue weighted by Crippen LogP contribution is 2.16. The van der Waals surface area contributed by atoms with Crippen LogP contribution < -0.4 is 5.32 Å². The molecule has 19 heavy (non-hydrogen) atoms. The van der Waals surface area contributed by atoms with E-state index in [9.17, 15) is 0 Å². The molecule has 2 aromatic carbocycles. The fourth-order valence-corrected chi connectivity index (χ4v) is 2.21. The lowest BCUT2D eigenvalue weighted by atomic mass is 10.1. The Morgan fingerprint density at radius 3 is 2.21 bits per heavy atom. The van der Waals surface area contributed by atoms with Crippen molar-refractivity contribution >= 4 is 23.3 Å². The first-order valence-electron chi connectivity index (χ1n) is 6.32. The first-order chi connectivity index (χ1) is 9.22. The van der Waals surface area contributed by atoms with Gasteiger partial charge in [0.2, 0.25) is 0 Å².